The second-order valence-electron chi connectivity index (χ2n) is 6.41. The van der Waals surface area contributed by atoms with Gasteiger partial charge in [-0.15, -0.1) is 11.3 Å². The number of rotatable bonds is 6. The maximum Gasteiger partial charge on any atom is 0.311 e. The molecule has 28 heavy (non-hydrogen) atoms. The van der Waals surface area contributed by atoms with E-state index in [0.717, 1.165) is 30.5 Å². The summed E-state index contributed by atoms with van der Waals surface area (Å²) in [7, 11) is 0. The summed E-state index contributed by atoms with van der Waals surface area (Å²) in [5, 5.41) is 14.7. The van der Waals surface area contributed by atoms with Gasteiger partial charge >= 0.3 is 5.69 Å². The Labute approximate surface area is 165 Å². The van der Waals surface area contributed by atoms with Crippen LogP contribution < -0.4 is 10.1 Å². The molecule has 1 heterocycles. The lowest BCUT2D eigenvalue weighted by Crippen LogP contribution is -2.12. The van der Waals surface area contributed by atoms with Crippen molar-refractivity contribution in [1.82, 2.24) is 4.98 Å². The third-order valence-electron chi connectivity index (χ3n) is 4.47. The monoisotopic (exact) mass is 395 g/mol. The molecule has 0 radical (unpaired) electrons. The molecular formula is C20H17N3O4S. The Morgan fingerprint density at radius 1 is 1.21 bits per heavy atom. The third-order valence-corrected chi connectivity index (χ3v) is 5.54. The minimum atomic E-state index is -0.547. The number of hydrogen-bond donors (Lipinski definition) is 1. The van der Waals surface area contributed by atoms with Crippen molar-refractivity contribution in [3.63, 3.8) is 0 Å². The van der Waals surface area contributed by atoms with Crippen molar-refractivity contribution in [3.05, 3.63) is 80.3 Å². The Morgan fingerprint density at radius 2 is 2.04 bits per heavy atom. The fourth-order valence-electron chi connectivity index (χ4n) is 3.07. The van der Waals surface area contributed by atoms with Gasteiger partial charge in [0.05, 0.1) is 10.6 Å². The molecule has 4 rings (SSSR count). The normalized spacial score (nSPS) is 12.4. The van der Waals surface area contributed by atoms with Crippen molar-refractivity contribution in [2.45, 2.75) is 25.9 Å². The SMILES string of the molecule is O=C(Nc1nc2c(s1)CCC2)c1ccc(OCc2ccccc2)c([N+](=O)[O-])c1. The smallest absolute Gasteiger partial charge is 0.311 e. The number of nitrogens with one attached hydrogen (secondary N) is 1. The third kappa shape index (κ3) is 3.86. The lowest BCUT2D eigenvalue weighted by Gasteiger charge is -2.08. The Kier molecular flexibility index (Phi) is 5.03. The van der Waals surface area contributed by atoms with Crippen LogP contribution in [0.2, 0.25) is 0 Å². The predicted octanol–water partition coefficient (Wildman–Crippen LogP) is 4.37. The number of hydrogen-bond acceptors (Lipinski definition) is 6. The molecule has 0 saturated carbocycles. The van der Waals surface area contributed by atoms with E-state index >= 15 is 0 Å². The lowest BCUT2D eigenvalue weighted by atomic mass is 10.1. The van der Waals surface area contributed by atoms with E-state index in [2.05, 4.69) is 10.3 Å². The molecule has 1 aromatic heterocycles. The van der Waals surface area contributed by atoms with E-state index in [9.17, 15) is 14.9 Å². The lowest BCUT2D eigenvalue weighted by molar-refractivity contribution is -0.386. The first-order valence-electron chi connectivity index (χ1n) is 8.85. The molecule has 8 heteroatoms. The number of carbonyl (C=O) groups is 1. The number of fused-ring (bicyclic) bond motifs is 1. The van der Waals surface area contributed by atoms with Gasteiger partial charge in [0.25, 0.3) is 5.91 Å². The second-order valence-corrected chi connectivity index (χ2v) is 7.49. The van der Waals surface area contributed by atoms with Gasteiger partial charge in [-0.05, 0) is 37.0 Å². The molecule has 0 aliphatic heterocycles. The molecular weight excluding hydrogens is 378 g/mol. The first kappa shape index (κ1) is 18.1. The minimum Gasteiger partial charge on any atom is -0.482 e. The van der Waals surface area contributed by atoms with Gasteiger partial charge in [-0.1, -0.05) is 30.3 Å². The van der Waals surface area contributed by atoms with Crippen LogP contribution in [0.3, 0.4) is 0 Å². The number of ether oxygens (including phenoxy) is 1. The molecule has 0 bridgehead atoms. The number of aromatic nitrogens is 1. The zero-order valence-corrected chi connectivity index (χ0v) is 15.7. The summed E-state index contributed by atoms with van der Waals surface area (Å²) in [6, 6.07) is 13.6. The zero-order valence-electron chi connectivity index (χ0n) is 14.9. The molecule has 1 aliphatic rings. The van der Waals surface area contributed by atoms with E-state index < -0.39 is 10.8 Å². The highest BCUT2D eigenvalue weighted by Crippen LogP contribution is 2.32. The number of nitro groups is 1. The van der Waals surface area contributed by atoms with Crippen molar-refractivity contribution >= 4 is 28.1 Å². The fraction of sp³-hybridized carbons (Fsp3) is 0.200. The molecule has 3 aromatic rings. The molecule has 2 aromatic carbocycles. The summed E-state index contributed by atoms with van der Waals surface area (Å²) in [5.74, 6) is -0.302. The maximum atomic E-state index is 12.5. The molecule has 0 atom stereocenters. The molecule has 1 N–H and O–H groups in total. The fourth-order valence-corrected chi connectivity index (χ4v) is 4.12. The van der Waals surface area contributed by atoms with Crippen molar-refractivity contribution in [2.24, 2.45) is 0 Å². The number of aryl methyl sites for hydroxylation is 2. The van der Waals surface area contributed by atoms with Crippen LogP contribution in [0.5, 0.6) is 5.75 Å². The van der Waals surface area contributed by atoms with Crippen LogP contribution in [0.25, 0.3) is 0 Å². The van der Waals surface area contributed by atoms with Crippen molar-refractivity contribution in [1.29, 1.82) is 0 Å². The van der Waals surface area contributed by atoms with Crippen LogP contribution in [0.15, 0.2) is 48.5 Å². The van der Waals surface area contributed by atoms with Crippen molar-refractivity contribution in [2.75, 3.05) is 5.32 Å². The Morgan fingerprint density at radius 3 is 2.79 bits per heavy atom. The van der Waals surface area contributed by atoms with Crippen molar-refractivity contribution in [3.8, 4) is 5.75 Å². The van der Waals surface area contributed by atoms with E-state index in [-0.39, 0.29) is 23.6 Å². The number of nitro benzene ring substituents is 1. The van der Waals surface area contributed by atoms with Gasteiger partial charge in [0.1, 0.15) is 6.61 Å². The van der Waals surface area contributed by atoms with Gasteiger partial charge in [0.2, 0.25) is 0 Å². The minimum absolute atomic E-state index is 0.124. The standard InChI is InChI=1S/C20H17N3O4S/c24-19(22-20-21-15-7-4-8-18(15)28-20)14-9-10-17(16(11-14)23(25)26)27-12-13-5-2-1-3-6-13/h1-3,5-6,9-11H,4,7-8,12H2,(H,21,22,24). The highest BCUT2D eigenvalue weighted by molar-refractivity contribution is 7.16. The van der Waals surface area contributed by atoms with Gasteiger partial charge in [-0.25, -0.2) is 4.98 Å². The predicted molar refractivity (Wildman–Crippen MR) is 106 cm³/mol. The molecule has 1 amide bonds. The summed E-state index contributed by atoms with van der Waals surface area (Å²) in [6.45, 7) is 0.206. The Balaban J connectivity index is 1.50. The van der Waals surface area contributed by atoms with Gasteiger partial charge < -0.3 is 4.74 Å². The number of anilines is 1. The average Bonchev–Trinajstić information content (AvgIpc) is 3.28. The molecule has 0 unspecified atom stereocenters. The summed E-state index contributed by atoms with van der Waals surface area (Å²) in [5.41, 5.74) is 1.88. The largest absolute Gasteiger partial charge is 0.482 e. The topological polar surface area (TPSA) is 94.4 Å². The van der Waals surface area contributed by atoms with Gasteiger partial charge in [-0.3, -0.25) is 20.2 Å². The van der Waals surface area contributed by atoms with Gasteiger partial charge in [-0.2, -0.15) is 0 Å². The Hall–Kier alpha value is -3.26. The molecule has 0 saturated heterocycles. The van der Waals surface area contributed by atoms with Gasteiger partial charge in [0.15, 0.2) is 10.9 Å². The van der Waals surface area contributed by atoms with Crippen LogP contribution in [0.1, 0.15) is 32.9 Å². The number of thiazole rings is 1. The summed E-state index contributed by atoms with van der Waals surface area (Å²) >= 11 is 1.46. The first-order chi connectivity index (χ1) is 13.6. The van der Waals surface area contributed by atoms with Crippen molar-refractivity contribution < 1.29 is 14.5 Å². The van der Waals surface area contributed by atoms with Gasteiger partial charge in [0, 0.05) is 16.5 Å². The summed E-state index contributed by atoms with van der Waals surface area (Å²) < 4.78 is 5.60. The highest BCUT2D eigenvalue weighted by Gasteiger charge is 2.21. The number of carbonyl (C=O) groups excluding carboxylic acids is 1. The number of amides is 1. The van der Waals surface area contributed by atoms with E-state index in [1.54, 1.807) is 0 Å². The van der Waals surface area contributed by atoms with E-state index in [1.165, 1.54) is 34.4 Å². The molecule has 0 fully saturated rings. The first-order valence-corrected chi connectivity index (χ1v) is 9.67. The van der Waals surface area contributed by atoms with Crippen LogP contribution in [-0.2, 0) is 19.4 Å². The van der Waals surface area contributed by atoms with Crippen LogP contribution in [0, 0.1) is 10.1 Å². The number of benzene rings is 2. The average molecular weight is 395 g/mol. The summed E-state index contributed by atoms with van der Waals surface area (Å²) in [4.78, 5) is 29.0. The second kappa shape index (κ2) is 7.77. The van der Waals surface area contributed by atoms with Crippen LogP contribution in [0.4, 0.5) is 10.8 Å². The highest BCUT2D eigenvalue weighted by atomic mass is 32.1. The summed E-state index contributed by atoms with van der Waals surface area (Å²) in [6.07, 6.45) is 3.02. The molecule has 1 aliphatic carbocycles. The quantitative estimate of drug-likeness (QED) is 0.494. The van der Waals surface area contributed by atoms with E-state index in [1.807, 2.05) is 30.3 Å². The van der Waals surface area contributed by atoms with Crippen LogP contribution in [-0.4, -0.2) is 15.8 Å². The molecule has 142 valence electrons. The Bertz CT molecular complexity index is 1010. The number of nitrogens with zero attached hydrogens (tertiary/aromatic N) is 2. The maximum absolute atomic E-state index is 12.5. The zero-order chi connectivity index (χ0) is 19.5. The molecule has 7 nitrogen and oxygen atoms in total. The van der Waals surface area contributed by atoms with E-state index in [0.29, 0.717) is 5.13 Å². The van der Waals surface area contributed by atoms with E-state index in [4.69, 9.17) is 4.74 Å². The molecule has 0 spiro atoms. The van der Waals surface area contributed by atoms with Crippen LogP contribution >= 0.6 is 11.3 Å².